The second-order valence-electron chi connectivity index (χ2n) is 6.55. The Morgan fingerprint density at radius 2 is 1.81 bits per heavy atom. The van der Waals surface area contributed by atoms with Crippen molar-refractivity contribution in [3.05, 3.63) is 69.7 Å². The van der Waals surface area contributed by atoms with Crippen LogP contribution in [-0.4, -0.2) is 38.9 Å². The van der Waals surface area contributed by atoms with Gasteiger partial charge in [0.25, 0.3) is 5.91 Å². The predicted molar refractivity (Wildman–Crippen MR) is 117 cm³/mol. The molecule has 2 aromatic carbocycles. The molecule has 2 amide bonds. The van der Waals surface area contributed by atoms with Gasteiger partial charge < -0.3 is 15.2 Å². The average Bonchev–Trinajstić information content (AvgIpc) is 3.09. The summed E-state index contributed by atoms with van der Waals surface area (Å²) >= 11 is 4.11. The number of carbonyl (C=O) groups excluding carboxylic acids is 2. The first-order chi connectivity index (χ1) is 15.2. The number of rotatable bonds is 8. The predicted octanol–water partition coefficient (Wildman–Crippen LogP) is 3.70. The highest BCUT2D eigenvalue weighted by Crippen LogP contribution is 2.27. The number of aromatic nitrogens is 3. The van der Waals surface area contributed by atoms with Crippen molar-refractivity contribution in [3.8, 4) is 0 Å². The molecule has 0 spiro atoms. The molecule has 0 fully saturated rings. The molecule has 12 heteroatoms. The summed E-state index contributed by atoms with van der Waals surface area (Å²) in [6.45, 7) is 0.283. The van der Waals surface area contributed by atoms with Crippen LogP contribution in [0, 0.1) is 17.5 Å². The van der Waals surface area contributed by atoms with Gasteiger partial charge in [0.2, 0.25) is 5.91 Å². The van der Waals surface area contributed by atoms with Crippen LogP contribution in [-0.2, 0) is 18.3 Å². The zero-order valence-electron chi connectivity index (χ0n) is 16.7. The van der Waals surface area contributed by atoms with Gasteiger partial charge in [-0.2, -0.15) is 0 Å². The topological polar surface area (TPSA) is 88.9 Å². The maximum atomic E-state index is 13.8. The molecular weight excluding hydrogens is 511 g/mol. The van der Waals surface area contributed by atoms with Gasteiger partial charge in [-0.1, -0.05) is 11.8 Å². The van der Waals surface area contributed by atoms with Crippen LogP contribution in [0.1, 0.15) is 16.2 Å². The highest BCUT2D eigenvalue weighted by Gasteiger charge is 2.15. The molecule has 0 radical (unpaired) electrons. The number of benzene rings is 2. The number of amides is 2. The van der Waals surface area contributed by atoms with Gasteiger partial charge in [-0.15, -0.1) is 10.2 Å². The fraction of sp³-hybridized carbons (Fsp3) is 0.200. The van der Waals surface area contributed by atoms with Gasteiger partial charge in [-0.05, 0) is 46.3 Å². The van der Waals surface area contributed by atoms with E-state index in [0.29, 0.717) is 29.0 Å². The lowest BCUT2D eigenvalue weighted by Gasteiger charge is -2.09. The summed E-state index contributed by atoms with van der Waals surface area (Å²) in [5.74, 6) is -2.40. The standard InChI is InChI=1S/C20H17BrF3N5O2S/c1-29-16(6-7-25-19(31)11-2-4-12(22)5-3-11)27-28-20(29)32-10-17(30)26-18-14(21)8-13(23)9-15(18)24/h2-5,8-9H,6-7,10H2,1H3,(H,25,31)(H,26,30). The molecule has 1 heterocycles. The van der Waals surface area contributed by atoms with Crippen LogP contribution in [0.15, 0.2) is 46.0 Å². The Morgan fingerprint density at radius 3 is 2.50 bits per heavy atom. The molecule has 32 heavy (non-hydrogen) atoms. The number of carbonyl (C=O) groups is 2. The Morgan fingerprint density at radius 1 is 1.09 bits per heavy atom. The van der Waals surface area contributed by atoms with Gasteiger partial charge in [0.15, 0.2) is 11.0 Å². The third-order valence-electron chi connectivity index (χ3n) is 4.27. The third kappa shape index (κ3) is 6.10. The van der Waals surface area contributed by atoms with Crippen molar-refractivity contribution in [2.45, 2.75) is 11.6 Å². The molecule has 0 unspecified atom stereocenters. The molecular formula is C20H17BrF3N5O2S. The molecule has 7 nitrogen and oxygen atoms in total. The quantitative estimate of drug-likeness (QED) is 0.436. The van der Waals surface area contributed by atoms with Gasteiger partial charge in [0.1, 0.15) is 17.5 Å². The molecule has 0 atom stereocenters. The van der Waals surface area contributed by atoms with Crippen LogP contribution in [0.2, 0.25) is 0 Å². The Bertz CT molecular complexity index is 1120. The van der Waals surface area contributed by atoms with Crippen molar-refractivity contribution in [2.75, 3.05) is 17.6 Å². The fourth-order valence-corrected chi connectivity index (χ4v) is 3.88. The maximum Gasteiger partial charge on any atom is 0.251 e. The first kappa shape index (κ1) is 23.8. The zero-order chi connectivity index (χ0) is 23.3. The third-order valence-corrected chi connectivity index (χ3v) is 5.91. The second-order valence-corrected chi connectivity index (χ2v) is 8.35. The van der Waals surface area contributed by atoms with Gasteiger partial charge in [-0.3, -0.25) is 9.59 Å². The van der Waals surface area contributed by atoms with Crippen molar-refractivity contribution in [2.24, 2.45) is 7.05 Å². The summed E-state index contributed by atoms with van der Waals surface area (Å²) in [6.07, 6.45) is 0.386. The Balaban J connectivity index is 1.50. The second kappa shape index (κ2) is 10.6. The summed E-state index contributed by atoms with van der Waals surface area (Å²) < 4.78 is 41.7. The Kier molecular flexibility index (Phi) is 7.91. The van der Waals surface area contributed by atoms with E-state index in [-0.39, 0.29) is 28.4 Å². The van der Waals surface area contributed by atoms with Crippen LogP contribution >= 0.6 is 27.7 Å². The van der Waals surface area contributed by atoms with Gasteiger partial charge in [0.05, 0.1) is 11.4 Å². The average molecular weight is 528 g/mol. The minimum Gasteiger partial charge on any atom is -0.352 e. The van der Waals surface area contributed by atoms with E-state index in [0.717, 1.165) is 17.8 Å². The SMILES string of the molecule is Cn1c(CCNC(=O)c2ccc(F)cc2)nnc1SCC(=O)Nc1c(F)cc(F)cc1Br. The van der Waals surface area contributed by atoms with E-state index in [9.17, 15) is 22.8 Å². The summed E-state index contributed by atoms with van der Waals surface area (Å²) in [5, 5.41) is 13.6. The number of nitrogens with zero attached hydrogens (tertiary/aromatic N) is 3. The first-order valence-corrected chi connectivity index (χ1v) is 11.0. The Labute approximate surface area is 193 Å². The van der Waals surface area contributed by atoms with Crippen molar-refractivity contribution in [1.29, 1.82) is 0 Å². The van der Waals surface area contributed by atoms with E-state index >= 15 is 0 Å². The van der Waals surface area contributed by atoms with E-state index in [4.69, 9.17) is 0 Å². The number of nitrogens with one attached hydrogen (secondary N) is 2. The highest BCUT2D eigenvalue weighted by atomic mass is 79.9. The molecule has 0 bridgehead atoms. The van der Waals surface area contributed by atoms with Gasteiger partial charge in [-0.25, -0.2) is 13.2 Å². The maximum absolute atomic E-state index is 13.8. The van der Waals surface area contributed by atoms with Crippen LogP contribution < -0.4 is 10.6 Å². The van der Waals surface area contributed by atoms with Crippen molar-refractivity contribution >= 4 is 45.2 Å². The summed E-state index contributed by atoms with van der Waals surface area (Å²) in [5.41, 5.74) is 0.198. The number of hydrogen-bond acceptors (Lipinski definition) is 5. The molecule has 1 aromatic heterocycles. The molecule has 0 aliphatic rings. The molecule has 0 saturated heterocycles. The molecule has 0 saturated carbocycles. The van der Waals surface area contributed by atoms with Crippen LogP contribution in [0.4, 0.5) is 18.9 Å². The minimum atomic E-state index is -0.890. The normalized spacial score (nSPS) is 10.8. The van der Waals surface area contributed by atoms with E-state index < -0.39 is 23.4 Å². The van der Waals surface area contributed by atoms with E-state index in [2.05, 4.69) is 36.8 Å². The van der Waals surface area contributed by atoms with Crippen LogP contribution in [0.5, 0.6) is 0 Å². The molecule has 0 aliphatic carbocycles. The van der Waals surface area contributed by atoms with Gasteiger partial charge in [0, 0.05) is 36.1 Å². The van der Waals surface area contributed by atoms with Crippen LogP contribution in [0.25, 0.3) is 0 Å². The molecule has 3 rings (SSSR count). The smallest absolute Gasteiger partial charge is 0.251 e. The van der Waals surface area contributed by atoms with Crippen molar-refractivity contribution in [1.82, 2.24) is 20.1 Å². The minimum absolute atomic E-state index is 0.0729. The van der Waals surface area contributed by atoms with Crippen molar-refractivity contribution in [3.63, 3.8) is 0 Å². The lowest BCUT2D eigenvalue weighted by Crippen LogP contribution is -2.26. The zero-order valence-corrected chi connectivity index (χ0v) is 19.1. The Hall–Kier alpha value is -2.86. The number of halogens is 4. The molecule has 2 N–H and O–H groups in total. The number of anilines is 1. The summed E-state index contributed by atoms with van der Waals surface area (Å²) in [4.78, 5) is 24.2. The largest absolute Gasteiger partial charge is 0.352 e. The number of thioether (sulfide) groups is 1. The monoisotopic (exact) mass is 527 g/mol. The highest BCUT2D eigenvalue weighted by molar-refractivity contribution is 9.10. The van der Waals surface area contributed by atoms with Gasteiger partial charge >= 0.3 is 0 Å². The van der Waals surface area contributed by atoms with E-state index in [1.165, 1.54) is 24.3 Å². The lowest BCUT2D eigenvalue weighted by atomic mass is 10.2. The first-order valence-electron chi connectivity index (χ1n) is 9.24. The molecule has 3 aromatic rings. The van der Waals surface area contributed by atoms with E-state index in [1.54, 1.807) is 11.6 Å². The fourth-order valence-electron chi connectivity index (χ4n) is 2.65. The summed E-state index contributed by atoms with van der Waals surface area (Å²) in [7, 11) is 1.72. The molecule has 168 valence electrons. The van der Waals surface area contributed by atoms with Crippen LogP contribution in [0.3, 0.4) is 0 Å². The van der Waals surface area contributed by atoms with E-state index in [1.807, 2.05) is 0 Å². The summed E-state index contributed by atoms with van der Waals surface area (Å²) in [6, 6.07) is 6.93. The van der Waals surface area contributed by atoms with Crippen molar-refractivity contribution < 1.29 is 22.8 Å². The number of hydrogen-bond donors (Lipinski definition) is 2. The lowest BCUT2D eigenvalue weighted by molar-refractivity contribution is -0.113. The molecule has 0 aliphatic heterocycles.